The first kappa shape index (κ1) is 30.2. The van der Waals surface area contributed by atoms with Gasteiger partial charge in [0.2, 0.25) is 11.8 Å². The largest absolute Gasteiger partial charge is 0.457 e. The summed E-state index contributed by atoms with van der Waals surface area (Å²) in [5, 5.41) is 5.86. The lowest BCUT2D eigenvalue weighted by Gasteiger charge is -2.20. The molecule has 3 fully saturated rings. The number of ether oxygens (including phenoxy) is 1. The molecule has 1 saturated carbocycles. The molecule has 4 amide bonds. The van der Waals surface area contributed by atoms with Crippen molar-refractivity contribution in [3.63, 3.8) is 0 Å². The van der Waals surface area contributed by atoms with Gasteiger partial charge in [-0.15, -0.1) is 0 Å². The Balaban J connectivity index is 1.09. The molecular formula is C37H35N5O5. The van der Waals surface area contributed by atoms with Crippen molar-refractivity contribution in [2.75, 3.05) is 18.4 Å². The molecule has 2 N–H and O–H groups in total. The van der Waals surface area contributed by atoms with Crippen molar-refractivity contribution in [2.24, 2.45) is 0 Å². The molecular weight excluding hydrogens is 594 g/mol. The fraction of sp³-hybridized carbons (Fsp3) is 0.270. The van der Waals surface area contributed by atoms with Crippen LogP contribution in [0.25, 0.3) is 0 Å². The average Bonchev–Trinajstić information content (AvgIpc) is 3.77. The van der Waals surface area contributed by atoms with Crippen LogP contribution < -0.4 is 15.4 Å². The maximum absolute atomic E-state index is 13.4. The minimum atomic E-state index is -0.290. The van der Waals surface area contributed by atoms with Crippen molar-refractivity contribution in [3.8, 4) is 11.5 Å². The zero-order chi connectivity index (χ0) is 32.3. The molecule has 10 nitrogen and oxygen atoms in total. The van der Waals surface area contributed by atoms with E-state index in [2.05, 4.69) is 15.6 Å². The summed E-state index contributed by atoms with van der Waals surface area (Å²) < 4.78 is 6.33. The third kappa shape index (κ3) is 7.01. The molecule has 0 radical (unpaired) electrons. The number of aromatic nitrogens is 1. The van der Waals surface area contributed by atoms with E-state index < -0.39 is 0 Å². The second-order valence-corrected chi connectivity index (χ2v) is 12.4. The highest BCUT2D eigenvalue weighted by atomic mass is 16.5. The van der Waals surface area contributed by atoms with E-state index in [1.807, 2.05) is 46.2 Å². The Hall–Kier alpha value is -5.51. The van der Waals surface area contributed by atoms with Crippen LogP contribution in [0, 0.1) is 0 Å². The van der Waals surface area contributed by atoms with Crippen LogP contribution in [0.5, 0.6) is 11.5 Å². The predicted octanol–water partition coefficient (Wildman–Crippen LogP) is 5.14. The number of carbonyl (C=O) groups is 4. The first-order chi connectivity index (χ1) is 22.9. The van der Waals surface area contributed by atoms with Crippen LogP contribution in [0.15, 0.2) is 97.3 Å². The first-order valence-corrected chi connectivity index (χ1v) is 15.9. The molecule has 47 heavy (non-hydrogen) atoms. The quantitative estimate of drug-likeness (QED) is 0.251. The molecule has 1 aromatic heterocycles. The number of amides is 4. The van der Waals surface area contributed by atoms with Gasteiger partial charge in [0.05, 0.1) is 6.04 Å². The minimum Gasteiger partial charge on any atom is -0.457 e. The average molecular weight is 630 g/mol. The second-order valence-electron chi connectivity index (χ2n) is 12.4. The van der Waals surface area contributed by atoms with E-state index in [4.69, 9.17) is 4.74 Å². The molecule has 0 bridgehead atoms. The van der Waals surface area contributed by atoms with Gasteiger partial charge in [-0.05, 0) is 66.9 Å². The summed E-state index contributed by atoms with van der Waals surface area (Å²) in [5.41, 5.74) is 3.36. The summed E-state index contributed by atoms with van der Waals surface area (Å²) in [6.07, 6.45) is 5.98. The molecule has 3 heterocycles. The van der Waals surface area contributed by atoms with Gasteiger partial charge in [0.15, 0.2) is 0 Å². The summed E-state index contributed by atoms with van der Waals surface area (Å²) >= 11 is 0. The molecule has 2 aliphatic heterocycles. The molecule has 0 unspecified atom stereocenters. The van der Waals surface area contributed by atoms with Crippen molar-refractivity contribution in [2.45, 2.75) is 50.2 Å². The predicted molar refractivity (Wildman–Crippen MR) is 175 cm³/mol. The van der Waals surface area contributed by atoms with Crippen LogP contribution in [0.1, 0.15) is 63.4 Å². The third-order valence-corrected chi connectivity index (χ3v) is 8.94. The number of hydrogen-bond acceptors (Lipinski definition) is 6. The van der Waals surface area contributed by atoms with Crippen molar-refractivity contribution in [1.29, 1.82) is 0 Å². The summed E-state index contributed by atoms with van der Waals surface area (Å²) in [7, 11) is 0. The number of pyridine rings is 1. The standard InChI is InChI=1S/C37H35N5O5/c43-34-19-28(24-4-2-1-3-5-24)22-41(34)21-27-7-6-26(37(46)40-30-20-35(44)42(23-30)31-10-11-31)18-33(27)47-32-12-8-25(9-13-32)36(45)39-29-14-16-38-17-15-29/h1-9,12-18,28,30-31H,10-11,19-23H2,(H,40,46)(H,38,39,45)/t28-,30+/m1/s1. The van der Waals surface area contributed by atoms with E-state index in [0.29, 0.717) is 66.8 Å². The van der Waals surface area contributed by atoms with Crippen LogP contribution in [-0.4, -0.2) is 63.6 Å². The van der Waals surface area contributed by atoms with E-state index >= 15 is 0 Å². The van der Waals surface area contributed by atoms with E-state index in [1.54, 1.807) is 60.9 Å². The van der Waals surface area contributed by atoms with Gasteiger partial charge in [-0.25, -0.2) is 0 Å². The van der Waals surface area contributed by atoms with Crippen molar-refractivity contribution in [3.05, 3.63) is 120 Å². The van der Waals surface area contributed by atoms with Crippen molar-refractivity contribution >= 4 is 29.3 Å². The summed E-state index contributed by atoms with van der Waals surface area (Å²) in [5.74, 6) is 0.592. The smallest absolute Gasteiger partial charge is 0.255 e. The highest BCUT2D eigenvalue weighted by Gasteiger charge is 2.40. The van der Waals surface area contributed by atoms with Gasteiger partial charge in [0.25, 0.3) is 11.8 Å². The molecule has 3 aliphatic rings. The fourth-order valence-electron chi connectivity index (χ4n) is 6.28. The number of carbonyl (C=O) groups excluding carboxylic acids is 4. The van der Waals surface area contributed by atoms with Crippen LogP contribution in [0.4, 0.5) is 5.69 Å². The van der Waals surface area contributed by atoms with Crippen LogP contribution in [0.2, 0.25) is 0 Å². The Kier molecular flexibility index (Phi) is 8.39. The number of likely N-dealkylation sites (tertiary alicyclic amines) is 2. The lowest BCUT2D eigenvalue weighted by Crippen LogP contribution is -2.37. The number of nitrogens with zero attached hydrogens (tertiary/aromatic N) is 3. The Bertz CT molecular complexity index is 1790. The molecule has 0 spiro atoms. The summed E-state index contributed by atoms with van der Waals surface area (Å²) in [4.78, 5) is 59.3. The Morgan fingerprint density at radius 1 is 0.809 bits per heavy atom. The Morgan fingerprint density at radius 2 is 1.55 bits per heavy atom. The highest BCUT2D eigenvalue weighted by molar-refractivity contribution is 6.04. The minimum absolute atomic E-state index is 0.0577. The SMILES string of the molecule is O=C(Nc1ccncc1)c1ccc(Oc2cc(C(=O)N[C@H]3CC(=O)N(C4CC4)C3)ccc2CN2C[C@H](c3ccccc3)CC2=O)cc1. The Labute approximate surface area is 272 Å². The van der Waals surface area contributed by atoms with Gasteiger partial charge >= 0.3 is 0 Å². The number of anilines is 1. The molecule has 7 rings (SSSR count). The first-order valence-electron chi connectivity index (χ1n) is 15.9. The lowest BCUT2D eigenvalue weighted by atomic mass is 9.98. The van der Waals surface area contributed by atoms with Gasteiger partial charge in [-0.2, -0.15) is 0 Å². The van der Waals surface area contributed by atoms with Gasteiger partial charge < -0.3 is 25.2 Å². The van der Waals surface area contributed by atoms with Crippen LogP contribution in [-0.2, 0) is 16.1 Å². The summed E-state index contributed by atoms with van der Waals surface area (Å²) in [6, 6.07) is 25.5. The fourth-order valence-corrected chi connectivity index (χ4v) is 6.28. The Morgan fingerprint density at radius 3 is 2.30 bits per heavy atom. The molecule has 1 aliphatic carbocycles. The molecule has 2 atom stereocenters. The molecule has 3 aromatic carbocycles. The zero-order valence-electron chi connectivity index (χ0n) is 25.8. The van der Waals surface area contributed by atoms with E-state index in [9.17, 15) is 19.2 Å². The monoisotopic (exact) mass is 629 g/mol. The lowest BCUT2D eigenvalue weighted by molar-refractivity contribution is -0.129. The van der Waals surface area contributed by atoms with E-state index in [0.717, 1.165) is 24.0 Å². The maximum Gasteiger partial charge on any atom is 0.255 e. The second kappa shape index (κ2) is 13.1. The van der Waals surface area contributed by atoms with E-state index in [1.165, 1.54) is 0 Å². The van der Waals surface area contributed by atoms with Gasteiger partial charge in [-0.3, -0.25) is 24.2 Å². The molecule has 4 aromatic rings. The molecule has 238 valence electrons. The van der Waals surface area contributed by atoms with Crippen molar-refractivity contribution < 1.29 is 23.9 Å². The molecule has 2 saturated heterocycles. The third-order valence-electron chi connectivity index (χ3n) is 8.94. The van der Waals surface area contributed by atoms with E-state index in [-0.39, 0.29) is 35.6 Å². The maximum atomic E-state index is 13.4. The van der Waals surface area contributed by atoms with Gasteiger partial charge in [-0.1, -0.05) is 36.4 Å². The number of rotatable bonds is 10. The number of nitrogens with one attached hydrogen (secondary N) is 2. The normalized spacial score (nSPS) is 19.1. The highest BCUT2D eigenvalue weighted by Crippen LogP contribution is 2.34. The zero-order valence-corrected chi connectivity index (χ0v) is 25.8. The van der Waals surface area contributed by atoms with Crippen LogP contribution in [0.3, 0.4) is 0 Å². The van der Waals surface area contributed by atoms with Gasteiger partial charge in [0, 0.05) is 79.2 Å². The van der Waals surface area contributed by atoms with Crippen LogP contribution >= 0.6 is 0 Å². The topological polar surface area (TPSA) is 121 Å². The van der Waals surface area contributed by atoms with Gasteiger partial charge in [0.1, 0.15) is 11.5 Å². The summed E-state index contributed by atoms with van der Waals surface area (Å²) in [6.45, 7) is 1.43. The molecule has 10 heteroatoms. The number of benzene rings is 3. The van der Waals surface area contributed by atoms with Crippen molar-refractivity contribution in [1.82, 2.24) is 20.1 Å². The number of hydrogen-bond donors (Lipinski definition) is 2.